The third-order valence-corrected chi connectivity index (χ3v) is 5.33. The number of nitrogens with zero attached hydrogens (tertiary/aromatic N) is 2. The van der Waals surface area contributed by atoms with E-state index in [2.05, 4.69) is 15.5 Å². The number of nitrogens with one attached hydrogen (secondary N) is 1. The number of hydrogen-bond acceptors (Lipinski definition) is 6. The van der Waals surface area contributed by atoms with Gasteiger partial charge in [0.25, 0.3) is 5.89 Å². The van der Waals surface area contributed by atoms with Crippen molar-refractivity contribution < 1.29 is 23.6 Å². The van der Waals surface area contributed by atoms with Crippen molar-refractivity contribution in [2.24, 2.45) is 0 Å². The van der Waals surface area contributed by atoms with E-state index < -0.39 is 5.97 Å². The molecule has 2 N–H and O–H groups in total. The second-order valence-electron chi connectivity index (χ2n) is 7.69. The number of halogens is 1. The molecule has 1 heterocycles. The number of carboxylic acids is 1. The van der Waals surface area contributed by atoms with E-state index >= 15 is 0 Å². The van der Waals surface area contributed by atoms with E-state index in [0.717, 1.165) is 34.2 Å². The van der Waals surface area contributed by atoms with E-state index in [1.54, 1.807) is 7.11 Å². The molecule has 4 rings (SSSR count). The SMILES string of the molecule is COCc1cc(-c2nc(-c3ccc(CNCC(=O)O)cc3)no2)ccc1C1=C(F)C=CCC1. The molecule has 7 nitrogen and oxygen atoms in total. The Morgan fingerprint density at radius 1 is 1.21 bits per heavy atom. The number of allylic oxidation sites excluding steroid dienone is 4. The molecule has 0 aliphatic heterocycles. The van der Waals surface area contributed by atoms with Gasteiger partial charge < -0.3 is 19.7 Å². The number of carboxylic acid groups (broad SMARTS) is 1. The van der Waals surface area contributed by atoms with Gasteiger partial charge in [-0.05, 0) is 53.3 Å². The van der Waals surface area contributed by atoms with Crippen molar-refractivity contribution in [1.82, 2.24) is 15.5 Å². The van der Waals surface area contributed by atoms with Crippen LogP contribution in [0.15, 0.2) is 65.0 Å². The van der Waals surface area contributed by atoms with Crippen molar-refractivity contribution in [2.75, 3.05) is 13.7 Å². The Morgan fingerprint density at radius 2 is 2.00 bits per heavy atom. The molecule has 0 spiro atoms. The Bertz CT molecular complexity index is 1200. The maximum atomic E-state index is 14.4. The molecule has 1 aromatic heterocycles. The summed E-state index contributed by atoms with van der Waals surface area (Å²) >= 11 is 0. The maximum absolute atomic E-state index is 14.4. The minimum Gasteiger partial charge on any atom is -0.480 e. The van der Waals surface area contributed by atoms with Gasteiger partial charge in [0.15, 0.2) is 0 Å². The highest BCUT2D eigenvalue weighted by molar-refractivity contribution is 5.75. The molecule has 0 bridgehead atoms. The minimum atomic E-state index is -0.898. The molecule has 0 atom stereocenters. The first kappa shape index (κ1) is 22.6. The molecule has 33 heavy (non-hydrogen) atoms. The molecule has 8 heteroatoms. The van der Waals surface area contributed by atoms with Gasteiger partial charge in [0, 0.05) is 24.8 Å². The molecule has 0 fully saturated rings. The molecule has 0 saturated heterocycles. The fourth-order valence-corrected chi connectivity index (χ4v) is 3.74. The summed E-state index contributed by atoms with van der Waals surface area (Å²) in [5.41, 5.74) is 4.82. The van der Waals surface area contributed by atoms with E-state index in [4.69, 9.17) is 14.4 Å². The molecule has 170 valence electrons. The summed E-state index contributed by atoms with van der Waals surface area (Å²) in [6.45, 7) is 0.688. The molecule has 0 saturated carbocycles. The van der Waals surface area contributed by atoms with Gasteiger partial charge in [-0.25, -0.2) is 4.39 Å². The molecule has 0 amide bonds. The van der Waals surface area contributed by atoms with Crippen LogP contribution in [0.3, 0.4) is 0 Å². The predicted octanol–water partition coefficient (Wildman–Crippen LogP) is 4.75. The second kappa shape index (κ2) is 10.3. The zero-order valence-electron chi connectivity index (χ0n) is 18.2. The predicted molar refractivity (Wildman–Crippen MR) is 122 cm³/mol. The van der Waals surface area contributed by atoms with Crippen LogP contribution in [-0.4, -0.2) is 34.9 Å². The van der Waals surface area contributed by atoms with Crippen LogP contribution >= 0.6 is 0 Å². The zero-order chi connectivity index (χ0) is 23.2. The Hall–Kier alpha value is -3.62. The first-order chi connectivity index (χ1) is 16.0. The summed E-state index contributed by atoms with van der Waals surface area (Å²) in [7, 11) is 1.60. The summed E-state index contributed by atoms with van der Waals surface area (Å²) in [5, 5.41) is 15.6. The lowest BCUT2D eigenvalue weighted by Crippen LogP contribution is -2.21. The number of rotatable bonds is 9. The third-order valence-electron chi connectivity index (χ3n) is 5.33. The van der Waals surface area contributed by atoms with Crippen LogP contribution in [-0.2, 0) is 22.7 Å². The molecule has 2 aromatic carbocycles. The molecular formula is C25H24FN3O4. The van der Waals surface area contributed by atoms with Crippen LogP contribution in [0.5, 0.6) is 0 Å². The summed E-state index contributed by atoms with van der Waals surface area (Å²) in [6, 6.07) is 13.1. The van der Waals surface area contributed by atoms with Crippen LogP contribution in [0.2, 0.25) is 0 Å². The fourth-order valence-electron chi connectivity index (χ4n) is 3.74. The number of aromatic nitrogens is 2. The average molecular weight is 449 g/mol. The van der Waals surface area contributed by atoms with Gasteiger partial charge in [-0.3, -0.25) is 4.79 Å². The second-order valence-corrected chi connectivity index (χ2v) is 7.69. The van der Waals surface area contributed by atoms with Crippen molar-refractivity contribution >= 4 is 11.5 Å². The lowest BCUT2D eigenvalue weighted by atomic mass is 9.92. The number of hydrogen-bond donors (Lipinski definition) is 2. The van der Waals surface area contributed by atoms with Crippen molar-refractivity contribution in [1.29, 1.82) is 0 Å². The van der Waals surface area contributed by atoms with Crippen LogP contribution in [0.1, 0.15) is 29.5 Å². The summed E-state index contributed by atoms with van der Waals surface area (Å²) in [6.07, 6.45) is 4.80. The normalized spacial score (nSPS) is 13.5. The lowest BCUT2D eigenvalue weighted by molar-refractivity contribution is -0.136. The van der Waals surface area contributed by atoms with Crippen LogP contribution in [0.4, 0.5) is 4.39 Å². The van der Waals surface area contributed by atoms with E-state index in [1.807, 2.05) is 48.5 Å². The Balaban J connectivity index is 1.55. The van der Waals surface area contributed by atoms with Gasteiger partial charge in [0.1, 0.15) is 5.83 Å². The molecular weight excluding hydrogens is 425 g/mol. The topological polar surface area (TPSA) is 97.5 Å². The summed E-state index contributed by atoms with van der Waals surface area (Å²) in [4.78, 5) is 15.1. The quantitative estimate of drug-likeness (QED) is 0.486. The lowest BCUT2D eigenvalue weighted by Gasteiger charge is -2.16. The zero-order valence-corrected chi connectivity index (χ0v) is 18.2. The third kappa shape index (κ3) is 5.42. The van der Waals surface area contributed by atoms with Gasteiger partial charge >= 0.3 is 5.97 Å². The van der Waals surface area contributed by atoms with E-state index in [9.17, 15) is 9.18 Å². The molecule has 0 radical (unpaired) electrons. The van der Waals surface area contributed by atoms with Crippen molar-refractivity contribution in [3.8, 4) is 22.8 Å². The average Bonchev–Trinajstić information content (AvgIpc) is 3.30. The monoisotopic (exact) mass is 449 g/mol. The number of methoxy groups -OCH3 is 1. The van der Waals surface area contributed by atoms with Crippen LogP contribution < -0.4 is 5.32 Å². The molecule has 1 aliphatic carbocycles. The standard InChI is InChI=1S/C25H24FN3O4/c1-32-15-19-12-18(10-11-20(19)21-4-2-3-5-22(21)26)25-28-24(29-33-25)17-8-6-16(7-9-17)13-27-14-23(30)31/h3,5-12,27H,2,4,13-15H2,1H3,(H,30,31). The Kier molecular flexibility index (Phi) is 7.07. The van der Waals surface area contributed by atoms with Crippen LogP contribution in [0.25, 0.3) is 28.4 Å². The Labute approximate surface area is 190 Å². The number of benzene rings is 2. The summed E-state index contributed by atoms with van der Waals surface area (Å²) < 4.78 is 25.2. The highest BCUT2D eigenvalue weighted by Crippen LogP contribution is 2.34. The van der Waals surface area contributed by atoms with Crippen molar-refractivity contribution in [3.05, 3.63) is 77.1 Å². The molecule has 1 aliphatic rings. The fraction of sp³-hybridized carbons (Fsp3) is 0.240. The summed E-state index contributed by atoms with van der Waals surface area (Å²) in [5.74, 6) is -0.309. The molecule has 0 unspecified atom stereocenters. The van der Waals surface area contributed by atoms with E-state index in [-0.39, 0.29) is 12.4 Å². The highest BCUT2D eigenvalue weighted by Gasteiger charge is 2.17. The van der Waals surface area contributed by atoms with Gasteiger partial charge in [-0.15, -0.1) is 0 Å². The smallest absolute Gasteiger partial charge is 0.317 e. The van der Waals surface area contributed by atoms with Gasteiger partial charge in [0.2, 0.25) is 5.82 Å². The Morgan fingerprint density at radius 3 is 2.73 bits per heavy atom. The van der Waals surface area contributed by atoms with Crippen molar-refractivity contribution in [2.45, 2.75) is 26.0 Å². The van der Waals surface area contributed by atoms with Gasteiger partial charge in [-0.1, -0.05) is 41.6 Å². The van der Waals surface area contributed by atoms with Crippen molar-refractivity contribution in [3.63, 3.8) is 0 Å². The first-order valence-corrected chi connectivity index (χ1v) is 10.6. The van der Waals surface area contributed by atoms with Crippen LogP contribution in [0, 0.1) is 0 Å². The number of aliphatic carboxylic acids is 1. The van der Waals surface area contributed by atoms with E-state index in [0.29, 0.717) is 36.9 Å². The number of ether oxygens (including phenoxy) is 1. The maximum Gasteiger partial charge on any atom is 0.317 e. The highest BCUT2D eigenvalue weighted by atomic mass is 19.1. The minimum absolute atomic E-state index is 0.0968. The molecule has 3 aromatic rings. The van der Waals surface area contributed by atoms with Gasteiger partial charge in [-0.2, -0.15) is 4.98 Å². The number of carbonyl (C=O) groups is 1. The largest absolute Gasteiger partial charge is 0.480 e. The van der Waals surface area contributed by atoms with E-state index in [1.165, 1.54) is 6.08 Å². The van der Waals surface area contributed by atoms with Gasteiger partial charge in [0.05, 0.1) is 13.2 Å². The first-order valence-electron chi connectivity index (χ1n) is 10.6.